The summed E-state index contributed by atoms with van der Waals surface area (Å²) in [5.74, 6) is 0.0640. The summed E-state index contributed by atoms with van der Waals surface area (Å²) in [6, 6.07) is 8.94. The lowest BCUT2D eigenvalue weighted by Crippen LogP contribution is -2.46. The molecule has 0 aliphatic heterocycles. The van der Waals surface area contributed by atoms with Crippen molar-refractivity contribution in [3.05, 3.63) is 30.3 Å². The van der Waals surface area contributed by atoms with E-state index in [0.717, 1.165) is 0 Å². The Bertz CT molecular complexity index is 528. The second kappa shape index (κ2) is 7.77. The van der Waals surface area contributed by atoms with Gasteiger partial charge in [0.1, 0.15) is 5.75 Å². The first-order valence-corrected chi connectivity index (χ1v) is 9.23. The van der Waals surface area contributed by atoms with Crippen LogP contribution in [0.5, 0.6) is 5.75 Å². The van der Waals surface area contributed by atoms with Crippen LogP contribution in [-0.4, -0.2) is 40.7 Å². The molecule has 0 aliphatic carbocycles. The smallest absolute Gasteiger partial charge is 0.261 e. The highest BCUT2D eigenvalue weighted by Crippen LogP contribution is 2.45. The first-order valence-electron chi connectivity index (χ1n) is 7.23. The minimum absolute atomic E-state index is 0.0715. The number of carbonyl (C=O) groups is 1. The van der Waals surface area contributed by atoms with E-state index >= 15 is 0 Å². The molecule has 2 N–H and O–H groups in total. The van der Waals surface area contributed by atoms with Gasteiger partial charge in [-0.05, 0) is 32.9 Å². The molecule has 1 aromatic rings. The van der Waals surface area contributed by atoms with Gasteiger partial charge in [-0.1, -0.05) is 25.1 Å². The van der Waals surface area contributed by atoms with Crippen LogP contribution in [0.2, 0.25) is 0 Å². The van der Waals surface area contributed by atoms with Gasteiger partial charge in [0.25, 0.3) is 13.3 Å². The Labute approximate surface area is 131 Å². The number of nitrogens with zero attached hydrogens (tertiary/aromatic N) is 1. The van der Waals surface area contributed by atoms with Gasteiger partial charge in [0.05, 0.1) is 18.4 Å². The van der Waals surface area contributed by atoms with Crippen LogP contribution in [0, 0.1) is 0 Å². The van der Waals surface area contributed by atoms with Gasteiger partial charge >= 0.3 is 0 Å². The van der Waals surface area contributed by atoms with Crippen molar-refractivity contribution in [3.63, 3.8) is 0 Å². The van der Waals surface area contributed by atoms with E-state index in [1.54, 1.807) is 52.0 Å². The third-order valence-corrected chi connectivity index (χ3v) is 5.21. The van der Waals surface area contributed by atoms with Gasteiger partial charge in [0, 0.05) is 6.16 Å². The summed E-state index contributed by atoms with van der Waals surface area (Å²) in [4.78, 5) is 11.8. The van der Waals surface area contributed by atoms with Gasteiger partial charge in [-0.25, -0.2) is 5.06 Å². The molecule has 0 aliphatic rings. The zero-order valence-corrected chi connectivity index (χ0v) is 14.5. The van der Waals surface area contributed by atoms with Crippen molar-refractivity contribution in [1.82, 2.24) is 10.4 Å². The van der Waals surface area contributed by atoms with Crippen LogP contribution in [0.1, 0.15) is 27.7 Å². The maximum Gasteiger partial charge on any atom is 0.261 e. The van der Waals surface area contributed by atoms with Crippen molar-refractivity contribution < 1.29 is 19.1 Å². The molecule has 0 saturated heterocycles. The van der Waals surface area contributed by atoms with Crippen LogP contribution in [0.25, 0.3) is 0 Å². The molecule has 0 saturated carbocycles. The van der Waals surface area contributed by atoms with Gasteiger partial charge in [-0.3, -0.25) is 19.9 Å². The maximum atomic E-state index is 12.6. The minimum atomic E-state index is -2.91. The Kier molecular flexibility index (Phi) is 6.60. The monoisotopic (exact) mass is 328 g/mol. The second-order valence-electron chi connectivity index (χ2n) is 6.00. The van der Waals surface area contributed by atoms with Crippen LogP contribution in [0.3, 0.4) is 0 Å². The highest BCUT2D eigenvalue weighted by Gasteiger charge is 2.26. The zero-order valence-electron chi connectivity index (χ0n) is 13.6. The number of para-hydroxylation sites is 1. The fourth-order valence-corrected chi connectivity index (χ4v) is 3.04. The average molecular weight is 328 g/mol. The predicted molar refractivity (Wildman–Crippen MR) is 86.5 cm³/mol. The van der Waals surface area contributed by atoms with Crippen molar-refractivity contribution in [1.29, 1.82) is 0 Å². The molecule has 1 amide bonds. The number of amides is 1. The number of rotatable bonds is 7. The third kappa shape index (κ3) is 5.79. The molecular weight excluding hydrogens is 303 g/mol. The first-order chi connectivity index (χ1) is 10.2. The molecule has 0 bridgehead atoms. The molecule has 0 heterocycles. The summed E-state index contributed by atoms with van der Waals surface area (Å²) in [6.07, 6.45) is 0.424. The molecule has 0 radical (unpaired) electrons. The lowest BCUT2D eigenvalue weighted by Gasteiger charge is -2.29. The SMILES string of the molecule is CCP(=O)(CNCC(=O)N(O)C(C)(C)C)Oc1ccccc1. The first kappa shape index (κ1) is 18.7. The van der Waals surface area contributed by atoms with E-state index in [-0.39, 0.29) is 12.8 Å². The maximum absolute atomic E-state index is 12.6. The number of nitrogens with one attached hydrogen (secondary N) is 1. The van der Waals surface area contributed by atoms with Gasteiger partial charge in [0.15, 0.2) is 0 Å². The topological polar surface area (TPSA) is 78.9 Å². The Morgan fingerprint density at radius 1 is 1.32 bits per heavy atom. The Morgan fingerprint density at radius 3 is 2.41 bits per heavy atom. The number of benzene rings is 1. The van der Waals surface area contributed by atoms with Gasteiger partial charge in [-0.2, -0.15) is 0 Å². The van der Waals surface area contributed by atoms with E-state index in [1.807, 2.05) is 6.07 Å². The molecule has 0 spiro atoms. The molecule has 22 heavy (non-hydrogen) atoms. The number of hydrogen-bond acceptors (Lipinski definition) is 5. The average Bonchev–Trinajstić information content (AvgIpc) is 2.46. The highest BCUT2D eigenvalue weighted by atomic mass is 31.2. The zero-order chi connectivity index (χ0) is 16.8. The molecule has 1 atom stereocenters. The Morgan fingerprint density at radius 2 is 1.91 bits per heavy atom. The predicted octanol–water partition coefficient (Wildman–Crippen LogP) is 2.93. The fourth-order valence-electron chi connectivity index (χ4n) is 1.66. The van der Waals surface area contributed by atoms with E-state index in [0.29, 0.717) is 17.0 Å². The van der Waals surface area contributed by atoms with Gasteiger partial charge in [-0.15, -0.1) is 0 Å². The molecule has 124 valence electrons. The molecule has 0 fully saturated rings. The Hall–Kier alpha value is -1.36. The summed E-state index contributed by atoms with van der Waals surface area (Å²) < 4.78 is 18.2. The van der Waals surface area contributed by atoms with E-state index in [2.05, 4.69) is 5.32 Å². The molecular formula is C15H25N2O4P. The van der Waals surface area contributed by atoms with Crippen molar-refractivity contribution in [2.45, 2.75) is 33.2 Å². The second-order valence-corrected chi connectivity index (χ2v) is 8.76. The summed E-state index contributed by atoms with van der Waals surface area (Å²) in [5, 5.41) is 13.2. The van der Waals surface area contributed by atoms with E-state index < -0.39 is 18.8 Å². The van der Waals surface area contributed by atoms with E-state index in [4.69, 9.17) is 4.52 Å². The summed E-state index contributed by atoms with van der Waals surface area (Å²) in [5.41, 5.74) is -0.673. The van der Waals surface area contributed by atoms with Crippen LogP contribution in [-0.2, 0) is 9.36 Å². The van der Waals surface area contributed by atoms with E-state index in [1.165, 1.54) is 0 Å². The highest BCUT2D eigenvalue weighted by molar-refractivity contribution is 7.59. The lowest BCUT2D eigenvalue weighted by atomic mass is 10.1. The fraction of sp³-hybridized carbons (Fsp3) is 0.533. The summed E-state index contributed by atoms with van der Waals surface area (Å²) in [7, 11) is -2.91. The molecule has 1 unspecified atom stereocenters. The molecule has 1 rings (SSSR count). The largest absolute Gasteiger partial charge is 0.442 e. The molecule has 6 nitrogen and oxygen atoms in total. The summed E-state index contributed by atoms with van der Waals surface area (Å²) in [6.45, 7) is 6.84. The Balaban J connectivity index is 2.54. The normalized spacial score (nSPS) is 14.2. The number of carbonyl (C=O) groups excluding carboxylic acids is 1. The lowest BCUT2D eigenvalue weighted by molar-refractivity contribution is -0.185. The standard InChI is InChI=1S/C15H25N2O4P/c1-5-22(20,21-13-9-7-6-8-10-13)12-16-11-14(18)17(19)15(2,3)4/h6-10,16,19H,5,11-12H2,1-4H3. The van der Waals surface area contributed by atoms with E-state index in [9.17, 15) is 14.6 Å². The van der Waals surface area contributed by atoms with Crippen molar-refractivity contribution in [3.8, 4) is 5.75 Å². The van der Waals surface area contributed by atoms with Crippen molar-refractivity contribution >= 4 is 13.3 Å². The minimum Gasteiger partial charge on any atom is -0.442 e. The van der Waals surface area contributed by atoms with Crippen molar-refractivity contribution in [2.75, 3.05) is 19.0 Å². The molecule has 7 heteroatoms. The van der Waals surface area contributed by atoms with Crippen LogP contribution in [0.4, 0.5) is 0 Å². The van der Waals surface area contributed by atoms with Gasteiger partial charge < -0.3 is 4.52 Å². The molecule has 0 aromatic heterocycles. The van der Waals surface area contributed by atoms with Gasteiger partial charge in [0.2, 0.25) is 0 Å². The quantitative estimate of drug-likeness (QED) is 0.457. The third-order valence-electron chi connectivity index (χ3n) is 3.00. The summed E-state index contributed by atoms with van der Waals surface area (Å²) >= 11 is 0. The van der Waals surface area contributed by atoms with Crippen molar-refractivity contribution in [2.24, 2.45) is 0 Å². The molecule has 1 aromatic carbocycles. The van der Waals surface area contributed by atoms with Crippen LogP contribution >= 0.6 is 7.37 Å². The number of hydrogen-bond donors (Lipinski definition) is 2. The number of hydroxylamine groups is 2. The van der Waals surface area contributed by atoms with Crippen LogP contribution in [0.15, 0.2) is 30.3 Å². The van der Waals surface area contributed by atoms with Crippen LogP contribution < -0.4 is 9.84 Å².